The summed E-state index contributed by atoms with van der Waals surface area (Å²) in [6, 6.07) is 7.98. The number of hydrogen-bond donors (Lipinski definition) is 9. The number of aliphatic hydroxyl groups is 5. The molecule has 4 rings (SSSR count). The molecule has 0 unspecified atom stereocenters. The number of carbonyl (C=O) groups excluding carboxylic acids is 1. The van der Waals surface area contributed by atoms with Crippen LogP contribution in [0.4, 0.5) is 0 Å². The summed E-state index contributed by atoms with van der Waals surface area (Å²) in [6.07, 6.45) is -8.38. The van der Waals surface area contributed by atoms with E-state index in [1.807, 2.05) is 0 Å². The first kappa shape index (κ1) is 32.4. The number of benzene rings is 2. The van der Waals surface area contributed by atoms with Crippen molar-refractivity contribution in [2.24, 2.45) is 0 Å². The molecule has 8 atom stereocenters. The lowest BCUT2D eigenvalue weighted by Crippen LogP contribution is -2.62. The van der Waals surface area contributed by atoms with E-state index in [1.54, 1.807) is 6.07 Å². The predicted octanol–water partition coefficient (Wildman–Crippen LogP) is -1.40. The second-order valence-corrected chi connectivity index (χ2v) is 10.1. The molecule has 2 aliphatic heterocycles. The van der Waals surface area contributed by atoms with Crippen LogP contribution in [0.15, 0.2) is 42.5 Å². The maximum absolute atomic E-state index is 12.6. The minimum absolute atomic E-state index is 0.0824. The van der Waals surface area contributed by atoms with Gasteiger partial charge in [-0.15, -0.1) is 0 Å². The van der Waals surface area contributed by atoms with Crippen LogP contribution in [0, 0.1) is 0 Å². The molecule has 2 aliphatic rings. The van der Waals surface area contributed by atoms with Gasteiger partial charge in [0.05, 0.1) is 26.4 Å². The highest BCUT2D eigenvalue weighted by Gasteiger charge is 2.54. The third-order valence-electron chi connectivity index (χ3n) is 7.04. The van der Waals surface area contributed by atoms with Gasteiger partial charge in [0.25, 0.3) is 0 Å². The van der Waals surface area contributed by atoms with E-state index in [4.69, 9.17) is 23.7 Å². The lowest BCUT2D eigenvalue weighted by molar-refractivity contribution is -0.336. The second kappa shape index (κ2) is 13.9. The first-order valence-corrected chi connectivity index (χ1v) is 13.2. The summed E-state index contributed by atoms with van der Waals surface area (Å²) in [7, 11) is 0. The molecule has 0 aliphatic carbocycles. The zero-order valence-electron chi connectivity index (χ0n) is 22.7. The van der Waals surface area contributed by atoms with E-state index in [9.17, 15) is 50.8 Å². The summed E-state index contributed by atoms with van der Waals surface area (Å²) in [5.74, 6) is -2.39. The highest BCUT2D eigenvalue weighted by atomic mass is 16.8. The molecule has 9 N–H and O–H groups in total. The van der Waals surface area contributed by atoms with Gasteiger partial charge in [-0.05, 0) is 47.9 Å². The molecule has 0 amide bonds. The number of aliphatic hydroxyl groups excluding tert-OH is 4. The summed E-state index contributed by atoms with van der Waals surface area (Å²) >= 11 is 0. The molecule has 15 nitrogen and oxygen atoms in total. The molecule has 2 fully saturated rings. The van der Waals surface area contributed by atoms with Gasteiger partial charge in [-0.25, -0.2) is 4.79 Å². The number of phenolic OH excluding ortho intramolecular Hbond substituents is 4. The van der Waals surface area contributed by atoms with E-state index in [1.165, 1.54) is 36.4 Å². The third kappa shape index (κ3) is 7.53. The summed E-state index contributed by atoms with van der Waals surface area (Å²) in [5, 5.41) is 89.8. The first-order valence-electron chi connectivity index (χ1n) is 13.2. The fourth-order valence-electron chi connectivity index (χ4n) is 4.53. The number of hydrogen-bond acceptors (Lipinski definition) is 15. The van der Waals surface area contributed by atoms with Crippen molar-refractivity contribution in [3.63, 3.8) is 0 Å². The topological polar surface area (TPSA) is 245 Å². The van der Waals surface area contributed by atoms with E-state index in [-0.39, 0.29) is 30.3 Å². The monoisotopic (exact) mass is 610 g/mol. The Labute approximate surface area is 245 Å². The highest BCUT2D eigenvalue weighted by Crippen LogP contribution is 2.33. The quantitative estimate of drug-likeness (QED) is 0.0806. The largest absolute Gasteiger partial charge is 0.504 e. The van der Waals surface area contributed by atoms with Gasteiger partial charge in [-0.3, -0.25) is 0 Å². The minimum atomic E-state index is -2.05. The van der Waals surface area contributed by atoms with Crippen LogP contribution in [0.25, 0.3) is 6.08 Å². The maximum Gasteiger partial charge on any atom is 0.331 e. The molecule has 2 saturated heterocycles. The van der Waals surface area contributed by atoms with Crippen molar-refractivity contribution >= 4 is 12.0 Å². The fraction of sp³-hybridized carbons (Fsp3) is 0.464. The summed E-state index contributed by atoms with van der Waals surface area (Å²) in [4.78, 5) is 12.6. The van der Waals surface area contributed by atoms with Crippen LogP contribution in [0.3, 0.4) is 0 Å². The molecule has 2 aromatic rings. The Kier molecular flexibility index (Phi) is 10.4. The molecule has 0 spiro atoms. The van der Waals surface area contributed by atoms with Gasteiger partial charge in [0.1, 0.15) is 30.0 Å². The Morgan fingerprint density at radius 2 is 1.65 bits per heavy atom. The van der Waals surface area contributed by atoms with Gasteiger partial charge < -0.3 is 69.6 Å². The molecular formula is C28H34O15. The van der Waals surface area contributed by atoms with Crippen molar-refractivity contribution in [1.82, 2.24) is 0 Å². The van der Waals surface area contributed by atoms with E-state index in [0.29, 0.717) is 11.1 Å². The fourth-order valence-corrected chi connectivity index (χ4v) is 4.53. The van der Waals surface area contributed by atoms with E-state index >= 15 is 0 Å². The lowest BCUT2D eigenvalue weighted by Gasteiger charge is -2.43. The van der Waals surface area contributed by atoms with Crippen LogP contribution >= 0.6 is 0 Å². The first-order chi connectivity index (χ1) is 20.4. The van der Waals surface area contributed by atoms with Crippen LogP contribution in [0.2, 0.25) is 0 Å². The SMILES string of the molecule is O=C(/C=C/c1ccc(O)c(O)c1)O[C@H]1[C@H](O)[C@@H](O[C@@H]2OC[C@@](O)(CO)[C@H]2O)[C@H](OCCc2ccc(O)c(O)c2)O[C@@H]1CO. The number of rotatable bonds is 11. The molecule has 0 radical (unpaired) electrons. The summed E-state index contributed by atoms with van der Waals surface area (Å²) in [6.45, 7) is -2.16. The second-order valence-electron chi connectivity index (χ2n) is 10.1. The van der Waals surface area contributed by atoms with E-state index in [0.717, 1.165) is 6.08 Å². The maximum atomic E-state index is 12.6. The van der Waals surface area contributed by atoms with Crippen molar-refractivity contribution in [3.05, 3.63) is 53.6 Å². The molecule has 0 aromatic heterocycles. The van der Waals surface area contributed by atoms with Crippen LogP contribution in [0.1, 0.15) is 11.1 Å². The molecular weight excluding hydrogens is 576 g/mol. The van der Waals surface area contributed by atoms with Gasteiger partial charge in [0, 0.05) is 6.08 Å². The van der Waals surface area contributed by atoms with Crippen LogP contribution < -0.4 is 0 Å². The molecule has 43 heavy (non-hydrogen) atoms. The van der Waals surface area contributed by atoms with Crippen molar-refractivity contribution in [3.8, 4) is 23.0 Å². The Hall–Kier alpha value is -3.51. The zero-order valence-corrected chi connectivity index (χ0v) is 22.7. The Morgan fingerprint density at radius 3 is 2.28 bits per heavy atom. The van der Waals surface area contributed by atoms with E-state index in [2.05, 4.69) is 0 Å². The molecule has 15 heteroatoms. The lowest BCUT2D eigenvalue weighted by atomic mass is 9.97. The average molecular weight is 611 g/mol. The van der Waals surface area contributed by atoms with Crippen molar-refractivity contribution in [2.45, 2.75) is 55.1 Å². The van der Waals surface area contributed by atoms with Crippen LogP contribution in [-0.2, 0) is 34.9 Å². The minimum Gasteiger partial charge on any atom is -0.504 e. The number of phenols is 4. The molecule has 0 saturated carbocycles. The number of esters is 1. The average Bonchev–Trinajstić information content (AvgIpc) is 3.27. The van der Waals surface area contributed by atoms with E-state index < -0.39 is 80.2 Å². The standard InChI is InChI=1S/C28H34O15/c29-11-20-23(42-21(35)6-3-14-1-4-16(31)18(33)9-14)22(36)24(43-27-25(37)28(38,12-30)13-40-27)26(41-20)39-8-7-15-2-5-17(32)19(34)10-15/h1-6,9-10,20,22-27,29-34,36-38H,7-8,11-13H2/b6-3+/t20-,22+,23-,24-,25+,26-,27+,28+/m1/s1. The van der Waals surface area contributed by atoms with Gasteiger partial charge >= 0.3 is 5.97 Å². The van der Waals surface area contributed by atoms with Crippen molar-refractivity contribution < 1.29 is 74.4 Å². The Balaban J connectivity index is 1.49. The van der Waals surface area contributed by atoms with Gasteiger partial charge in [-0.2, -0.15) is 0 Å². The van der Waals surface area contributed by atoms with Crippen LogP contribution in [-0.4, -0.2) is 127 Å². The highest BCUT2D eigenvalue weighted by molar-refractivity contribution is 5.87. The molecule has 2 heterocycles. The molecule has 2 aromatic carbocycles. The summed E-state index contributed by atoms with van der Waals surface area (Å²) in [5.41, 5.74) is -1.13. The Morgan fingerprint density at radius 1 is 0.953 bits per heavy atom. The summed E-state index contributed by atoms with van der Waals surface area (Å²) < 4.78 is 27.9. The van der Waals surface area contributed by atoms with Gasteiger partial charge in [0.2, 0.25) is 0 Å². The Bertz CT molecular complexity index is 1280. The molecule has 0 bridgehead atoms. The smallest absolute Gasteiger partial charge is 0.331 e. The molecule has 236 valence electrons. The van der Waals surface area contributed by atoms with Crippen molar-refractivity contribution in [1.29, 1.82) is 0 Å². The predicted molar refractivity (Wildman–Crippen MR) is 143 cm³/mol. The van der Waals surface area contributed by atoms with Crippen molar-refractivity contribution in [2.75, 3.05) is 26.4 Å². The van der Waals surface area contributed by atoms with Gasteiger partial charge in [-0.1, -0.05) is 12.1 Å². The van der Waals surface area contributed by atoms with Crippen LogP contribution in [0.5, 0.6) is 23.0 Å². The number of aromatic hydroxyl groups is 4. The third-order valence-corrected chi connectivity index (χ3v) is 7.04. The number of ether oxygens (including phenoxy) is 5. The zero-order chi connectivity index (χ0) is 31.3. The normalized spacial score (nSPS) is 31.0. The van der Waals surface area contributed by atoms with Gasteiger partial charge in [0.15, 0.2) is 41.7 Å². The number of carbonyl (C=O) groups is 1.